The first-order valence-electron chi connectivity index (χ1n) is 11.1. The Morgan fingerprint density at radius 1 is 1.00 bits per heavy atom. The average Bonchev–Trinajstić information content (AvgIpc) is 3.27. The summed E-state index contributed by atoms with van der Waals surface area (Å²) in [4.78, 5) is 25.7. The van der Waals surface area contributed by atoms with Crippen molar-refractivity contribution in [2.24, 2.45) is 7.05 Å². The number of hydrogen-bond acceptors (Lipinski definition) is 2. The van der Waals surface area contributed by atoms with Crippen molar-refractivity contribution >= 4 is 27.9 Å². The molecule has 0 aliphatic carbocycles. The summed E-state index contributed by atoms with van der Waals surface area (Å²) >= 11 is 0. The highest BCUT2D eigenvalue weighted by atomic mass is 16.4. The summed E-state index contributed by atoms with van der Waals surface area (Å²) in [6.07, 6.45) is 1.79. The summed E-state index contributed by atoms with van der Waals surface area (Å²) in [7, 11) is 1.99. The minimum atomic E-state index is -1.01. The minimum Gasteiger partial charge on any atom is -0.593 e. The van der Waals surface area contributed by atoms with Gasteiger partial charge in [0, 0.05) is 36.3 Å². The van der Waals surface area contributed by atoms with Crippen LogP contribution in [-0.2, 0) is 18.4 Å². The monoisotopic (exact) mass is 456 g/mol. The molecular weight excluding hydrogens is 430 g/mol. The van der Waals surface area contributed by atoms with Crippen LogP contribution in [0.4, 0.5) is 0 Å². The van der Waals surface area contributed by atoms with Crippen LogP contribution in [0.5, 0.6) is 5.75 Å². The fourth-order valence-electron chi connectivity index (χ4n) is 4.98. The maximum absolute atomic E-state index is 13.9. The van der Waals surface area contributed by atoms with Gasteiger partial charge >= 0.3 is 11.7 Å². The van der Waals surface area contributed by atoms with E-state index < -0.39 is 12.0 Å². The zero-order valence-corrected chi connectivity index (χ0v) is 19.0. The highest BCUT2D eigenvalue weighted by Crippen LogP contribution is 2.29. The van der Waals surface area contributed by atoms with Crippen molar-refractivity contribution < 1.29 is 15.0 Å². The molecule has 0 amide bonds. The molecule has 2 aromatic heterocycles. The molecule has 34 heavy (non-hydrogen) atoms. The molecule has 0 spiro atoms. The van der Waals surface area contributed by atoms with Crippen LogP contribution in [0.15, 0.2) is 77.7 Å². The number of fused-ring (bicyclic) bond motifs is 2. The number of aryl methyl sites for hydroxylation is 2. The topological polar surface area (TPSA) is 92.1 Å². The first kappa shape index (κ1) is 21.6. The maximum atomic E-state index is 13.9. The van der Waals surface area contributed by atoms with Crippen LogP contribution in [0, 0.1) is 6.92 Å². The smallest absolute Gasteiger partial charge is 0.330 e. The lowest BCUT2D eigenvalue weighted by atomic mass is 10.0. The van der Waals surface area contributed by atoms with E-state index in [1.165, 1.54) is 0 Å². The highest BCUT2D eigenvalue weighted by molar-refractivity contribution is 5.87. The molecule has 0 saturated heterocycles. The average molecular weight is 457 g/mol. The van der Waals surface area contributed by atoms with Gasteiger partial charge in [-0.2, -0.15) is 0 Å². The Labute approximate surface area is 195 Å². The molecule has 2 heterocycles. The summed E-state index contributed by atoms with van der Waals surface area (Å²) < 4.78 is 5.35. The van der Waals surface area contributed by atoms with Crippen molar-refractivity contribution in [1.29, 1.82) is 0 Å². The second-order valence-electron chi connectivity index (χ2n) is 8.70. The van der Waals surface area contributed by atoms with Gasteiger partial charge in [-0.25, -0.2) is 4.79 Å². The molecule has 1 unspecified atom stereocenters. The van der Waals surface area contributed by atoms with Gasteiger partial charge < -0.3 is 14.8 Å². The van der Waals surface area contributed by atoms with E-state index in [9.17, 15) is 14.7 Å². The maximum Gasteiger partial charge on any atom is 0.330 e. The van der Waals surface area contributed by atoms with Crippen LogP contribution >= 0.6 is 0 Å². The second kappa shape index (κ2) is 8.26. The molecular formula is C27H26N3O4+. The zero-order valence-electron chi connectivity index (χ0n) is 19.0. The number of imidazole rings is 1. The van der Waals surface area contributed by atoms with Crippen LogP contribution in [0.25, 0.3) is 21.9 Å². The highest BCUT2D eigenvalue weighted by Gasteiger charge is 2.25. The summed E-state index contributed by atoms with van der Waals surface area (Å²) in [5, 5.41) is 18.8. The van der Waals surface area contributed by atoms with Gasteiger partial charge in [-0.1, -0.05) is 36.4 Å². The van der Waals surface area contributed by atoms with E-state index >= 15 is 0 Å². The number of rotatable bonds is 6. The van der Waals surface area contributed by atoms with Gasteiger partial charge in [0.25, 0.3) is 5.75 Å². The number of benzene rings is 3. The Hall–Kier alpha value is -4.26. The summed E-state index contributed by atoms with van der Waals surface area (Å²) in [5.74, 6) is -0.732. The lowest BCUT2D eigenvalue weighted by Crippen LogP contribution is -2.29. The molecule has 7 heteroatoms. The summed E-state index contributed by atoms with van der Waals surface area (Å²) in [6, 6.07) is 19.7. The standard InChI is InChI=1S/C27H25N3O4/c1-17-7-5-12-23-26(17)19(15-28(23)2)16-29-21-10-3-4-11-22(21)30(27(29)34)24(14-25(32)33)18-8-6-9-20(31)13-18/h3-13,15,24,31H,14,16H2,1-2H3,(H,32,33)/p+1. The first-order valence-corrected chi connectivity index (χ1v) is 11.1. The van der Waals surface area contributed by atoms with Crippen LogP contribution in [0.1, 0.15) is 29.2 Å². The summed E-state index contributed by atoms with van der Waals surface area (Å²) in [5.41, 5.74) is 5.04. The fraction of sp³-hybridized carbons (Fsp3) is 0.185. The van der Waals surface area contributed by atoms with Crippen molar-refractivity contribution in [3.63, 3.8) is 0 Å². The molecule has 7 nitrogen and oxygen atoms in total. The molecule has 0 fully saturated rings. The normalized spacial score (nSPS) is 12.4. The number of aliphatic carboxylic acids is 1. The van der Waals surface area contributed by atoms with E-state index in [1.54, 1.807) is 33.4 Å². The molecule has 5 rings (SSSR count). The molecule has 0 aliphatic heterocycles. The third-order valence-electron chi connectivity index (χ3n) is 6.45. The van der Waals surface area contributed by atoms with Gasteiger partial charge in [0.15, 0.2) is 0 Å². The molecule has 0 radical (unpaired) electrons. The van der Waals surface area contributed by atoms with Crippen LogP contribution in [-0.4, -0.2) is 29.9 Å². The minimum absolute atomic E-state index is 0.259. The predicted molar refractivity (Wildman–Crippen MR) is 133 cm³/mol. The molecule has 3 N–H and O–H groups in total. The van der Waals surface area contributed by atoms with Gasteiger partial charge in [0.05, 0.1) is 30.0 Å². The van der Waals surface area contributed by atoms with E-state index in [0.29, 0.717) is 17.6 Å². The molecule has 3 aromatic carbocycles. The van der Waals surface area contributed by atoms with E-state index in [-0.39, 0.29) is 17.9 Å². The first-order chi connectivity index (χ1) is 16.3. The molecule has 172 valence electrons. The van der Waals surface area contributed by atoms with E-state index in [1.807, 2.05) is 37.4 Å². The van der Waals surface area contributed by atoms with Gasteiger partial charge in [0.1, 0.15) is 0 Å². The Balaban J connectivity index is 1.73. The lowest BCUT2D eigenvalue weighted by molar-refractivity contribution is -0.137. The Morgan fingerprint density at radius 3 is 2.44 bits per heavy atom. The summed E-state index contributed by atoms with van der Waals surface area (Å²) in [6.45, 7) is 2.43. The Kier molecular flexibility index (Phi) is 5.24. The van der Waals surface area contributed by atoms with E-state index in [2.05, 4.69) is 29.8 Å². The van der Waals surface area contributed by atoms with Crippen LogP contribution < -0.4 is 5.69 Å². The van der Waals surface area contributed by atoms with Gasteiger partial charge in [0.2, 0.25) is 0 Å². The van der Waals surface area contributed by atoms with Crippen LogP contribution in [0.2, 0.25) is 0 Å². The van der Waals surface area contributed by atoms with Crippen molar-refractivity contribution in [3.8, 4) is 5.75 Å². The molecule has 0 aliphatic rings. The number of carboxylic acids is 1. The lowest BCUT2D eigenvalue weighted by Gasteiger charge is -2.17. The number of carbonyl (C=O) groups is 1. The molecule has 1 atom stereocenters. The van der Waals surface area contributed by atoms with Crippen molar-refractivity contribution in [1.82, 2.24) is 13.7 Å². The largest absolute Gasteiger partial charge is 0.593 e. The van der Waals surface area contributed by atoms with Crippen molar-refractivity contribution in [3.05, 3.63) is 100 Å². The molecule has 0 bridgehead atoms. The quantitative estimate of drug-likeness (QED) is 0.389. The van der Waals surface area contributed by atoms with E-state index in [0.717, 1.165) is 27.5 Å². The SMILES string of the molecule is Cc1cccc2c1c(Cn1c(=O)n(C(CC(=O)O)c3cccc([OH2+])c3)c3ccccc31)cn2C. The third-order valence-corrected chi connectivity index (χ3v) is 6.45. The predicted octanol–water partition coefficient (Wildman–Crippen LogP) is 4.15. The number of nitrogens with zero attached hydrogens (tertiary/aromatic N) is 3. The molecule has 0 saturated carbocycles. The number of aromatic nitrogens is 3. The number of para-hydroxylation sites is 2. The van der Waals surface area contributed by atoms with Gasteiger partial charge in [-0.15, -0.1) is 0 Å². The van der Waals surface area contributed by atoms with Gasteiger partial charge in [-0.3, -0.25) is 13.9 Å². The Bertz CT molecular complexity index is 1610. The Morgan fingerprint density at radius 2 is 1.71 bits per heavy atom. The van der Waals surface area contributed by atoms with Crippen LogP contribution in [0.3, 0.4) is 0 Å². The number of carboxylic acid groups (broad SMARTS) is 1. The van der Waals surface area contributed by atoms with Gasteiger partial charge in [-0.05, 0) is 41.8 Å². The number of hydrogen-bond donors (Lipinski definition) is 1. The second-order valence-corrected chi connectivity index (χ2v) is 8.70. The zero-order chi connectivity index (χ0) is 24.0. The van der Waals surface area contributed by atoms with Crippen molar-refractivity contribution in [2.45, 2.75) is 25.9 Å². The van der Waals surface area contributed by atoms with E-state index in [4.69, 9.17) is 5.11 Å². The molecule has 5 aromatic rings. The fourth-order valence-corrected chi connectivity index (χ4v) is 4.98. The third kappa shape index (κ3) is 3.55. The van der Waals surface area contributed by atoms with Crippen molar-refractivity contribution in [2.75, 3.05) is 0 Å².